The van der Waals surface area contributed by atoms with Crippen molar-refractivity contribution >= 4 is 27.4 Å². The third-order valence-electron chi connectivity index (χ3n) is 3.24. The minimum atomic E-state index is -4.53. The number of rotatable bonds is 6. The molecule has 1 aromatic carbocycles. The number of hydrogen-bond acceptors (Lipinski definition) is 4. The molecule has 26 heavy (non-hydrogen) atoms. The van der Waals surface area contributed by atoms with Crippen molar-refractivity contribution in [2.45, 2.75) is 11.1 Å². The fraction of sp³-hybridized carbons (Fsp3) is 0.200. The van der Waals surface area contributed by atoms with Crippen molar-refractivity contribution in [1.29, 1.82) is 5.26 Å². The molecule has 3 N–H and O–H groups in total. The molecule has 0 aliphatic heterocycles. The Balaban J connectivity index is 1.98. The Morgan fingerprint density at radius 1 is 1.23 bits per heavy atom. The number of anilines is 1. The van der Waals surface area contributed by atoms with Crippen molar-refractivity contribution in [3.05, 3.63) is 52.7 Å². The number of sulfonamides is 1. The summed E-state index contributed by atoms with van der Waals surface area (Å²) in [6.45, 7) is -0.0250. The van der Waals surface area contributed by atoms with Crippen molar-refractivity contribution in [2.24, 2.45) is 0 Å². The van der Waals surface area contributed by atoms with Gasteiger partial charge in [0.25, 0.3) is 5.82 Å². The van der Waals surface area contributed by atoms with Gasteiger partial charge in [0.05, 0.1) is 22.6 Å². The largest absolute Gasteiger partial charge is 0.419 e. The maximum atomic E-state index is 12.6. The molecule has 0 aliphatic rings. The number of aromatic amines is 1. The number of nitrogens with zero attached hydrogens (tertiary/aromatic N) is 1. The van der Waals surface area contributed by atoms with Crippen molar-refractivity contribution in [3.8, 4) is 6.07 Å². The van der Waals surface area contributed by atoms with Crippen molar-refractivity contribution < 1.29 is 26.6 Å². The molecule has 0 aliphatic carbocycles. The van der Waals surface area contributed by atoms with Gasteiger partial charge in [-0.25, -0.2) is 18.1 Å². The van der Waals surface area contributed by atoms with E-state index in [2.05, 4.69) is 15.0 Å². The zero-order valence-corrected chi connectivity index (χ0v) is 14.6. The van der Waals surface area contributed by atoms with Gasteiger partial charge in [-0.05, 0) is 18.2 Å². The molecule has 0 atom stereocenters. The summed E-state index contributed by atoms with van der Waals surface area (Å²) < 4.78 is 64.4. The molecule has 0 spiro atoms. The molecule has 0 saturated heterocycles. The number of pyridine rings is 1. The molecule has 0 unspecified atom stereocenters. The second-order valence-corrected chi connectivity index (χ2v) is 7.18. The van der Waals surface area contributed by atoms with E-state index in [9.17, 15) is 21.6 Å². The van der Waals surface area contributed by atoms with Crippen molar-refractivity contribution in [1.82, 2.24) is 4.72 Å². The van der Waals surface area contributed by atoms with E-state index in [-0.39, 0.29) is 34.4 Å². The third kappa shape index (κ3) is 4.85. The summed E-state index contributed by atoms with van der Waals surface area (Å²) >= 11 is 5.77. The van der Waals surface area contributed by atoms with Gasteiger partial charge in [0.15, 0.2) is 0 Å². The van der Waals surface area contributed by atoms with Crippen LogP contribution < -0.4 is 15.0 Å². The van der Waals surface area contributed by atoms with Crippen LogP contribution in [0.3, 0.4) is 0 Å². The van der Waals surface area contributed by atoms with Crippen LogP contribution in [0, 0.1) is 11.3 Å². The maximum absolute atomic E-state index is 12.6. The average Bonchev–Trinajstić information content (AvgIpc) is 2.58. The molecule has 0 bridgehead atoms. The Labute approximate surface area is 152 Å². The van der Waals surface area contributed by atoms with E-state index in [1.807, 2.05) is 0 Å². The first-order chi connectivity index (χ1) is 12.1. The Kier molecular flexibility index (Phi) is 6.07. The second kappa shape index (κ2) is 7.90. The third-order valence-corrected chi connectivity index (χ3v) is 5.05. The van der Waals surface area contributed by atoms with E-state index in [1.165, 1.54) is 18.2 Å². The van der Waals surface area contributed by atoms with Crippen LogP contribution >= 0.6 is 11.6 Å². The molecule has 6 nitrogen and oxygen atoms in total. The van der Waals surface area contributed by atoms with Gasteiger partial charge in [0.1, 0.15) is 17.3 Å². The highest BCUT2D eigenvalue weighted by Crippen LogP contribution is 2.31. The van der Waals surface area contributed by atoms with Crippen LogP contribution in [0.2, 0.25) is 5.02 Å². The Bertz CT molecular complexity index is 943. The Morgan fingerprint density at radius 2 is 1.92 bits per heavy atom. The lowest BCUT2D eigenvalue weighted by Gasteiger charge is -2.08. The molecule has 1 aromatic heterocycles. The smallest absolute Gasteiger partial charge is 0.272 e. The first-order valence-corrected chi connectivity index (χ1v) is 9.02. The van der Waals surface area contributed by atoms with E-state index in [0.29, 0.717) is 0 Å². The fourth-order valence-electron chi connectivity index (χ4n) is 2.01. The highest BCUT2D eigenvalue weighted by Gasteiger charge is 2.32. The van der Waals surface area contributed by atoms with Crippen LogP contribution in [0.15, 0.2) is 41.4 Å². The minimum Gasteiger partial charge on any atom is -0.272 e. The van der Waals surface area contributed by atoms with Crippen LogP contribution in [0.4, 0.5) is 19.0 Å². The topological polar surface area (TPSA) is 96.1 Å². The van der Waals surface area contributed by atoms with Gasteiger partial charge in [-0.1, -0.05) is 23.7 Å². The van der Waals surface area contributed by atoms with E-state index in [4.69, 9.17) is 16.9 Å². The van der Waals surface area contributed by atoms with Crippen LogP contribution in [-0.4, -0.2) is 21.5 Å². The molecule has 0 saturated carbocycles. The fourth-order valence-corrected chi connectivity index (χ4v) is 3.44. The Morgan fingerprint density at radius 3 is 2.54 bits per heavy atom. The monoisotopic (exact) mass is 405 g/mol. The average molecular weight is 406 g/mol. The standard InChI is InChI=1S/C15H12ClF3N4O2S/c16-12-7-11(15(17,18)19)9-22-14(12)21-5-6-23-26(24,25)13-4-2-1-3-10(13)8-20/h1-4,7,9,23H,5-6H2,(H,21,22)/p+1. The molecular formula is C15H13ClF3N4O2S+. The molecule has 138 valence electrons. The zero-order chi connectivity index (χ0) is 19.4. The summed E-state index contributed by atoms with van der Waals surface area (Å²) in [5, 5.41) is 11.5. The summed E-state index contributed by atoms with van der Waals surface area (Å²) in [5.74, 6) is 0.122. The zero-order valence-electron chi connectivity index (χ0n) is 13.1. The van der Waals surface area contributed by atoms with Gasteiger partial charge in [0, 0.05) is 6.54 Å². The summed E-state index contributed by atoms with van der Waals surface area (Å²) in [6.07, 6.45) is -3.77. The number of hydrogen-bond donors (Lipinski definition) is 2. The summed E-state index contributed by atoms with van der Waals surface area (Å²) in [4.78, 5) is 2.22. The molecule has 2 rings (SSSR count). The minimum absolute atomic E-state index is 0.00655. The Hall–Kier alpha value is -2.35. The highest BCUT2D eigenvalue weighted by molar-refractivity contribution is 7.89. The second-order valence-electron chi connectivity index (χ2n) is 5.04. The van der Waals surface area contributed by atoms with Crippen LogP contribution in [0.25, 0.3) is 0 Å². The van der Waals surface area contributed by atoms with Crippen LogP contribution in [0.1, 0.15) is 11.1 Å². The molecule has 11 heteroatoms. The molecule has 0 amide bonds. The number of H-pyrrole nitrogens is 1. The SMILES string of the molecule is N#Cc1ccccc1S(=O)(=O)NCCNc1[nH+]cc(C(F)(F)F)cc1Cl. The first kappa shape index (κ1) is 20.0. The number of nitriles is 1. The number of aromatic nitrogens is 1. The molecule has 1 heterocycles. The normalized spacial score (nSPS) is 11.8. The molecule has 0 radical (unpaired) electrons. The van der Waals surface area contributed by atoms with Gasteiger partial charge >= 0.3 is 6.18 Å². The predicted molar refractivity (Wildman–Crippen MR) is 87.8 cm³/mol. The van der Waals surface area contributed by atoms with Crippen molar-refractivity contribution in [2.75, 3.05) is 18.4 Å². The first-order valence-electron chi connectivity index (χ1n) is 7.16. The number of benzene rings is 1. The van der Waals surface area contributed by atoms with Gasteiger partial charge < -0.3 is 0 Å². The molecule has 2 aromatic rings. The maximum Gasteiger partial charge on any atom is 0.419 e. The lowest BCUT2D eigenvalue weighted by Crippen LogP contribution is -2.30. The lowest BCUT2D eigenvalue weighted by atomic mass is 10.2. The van der Waals surface area contributed by atoms with E-state index in [1.54, 1.807) is 12.1 Å². The lowest BCUT2D eigenvalue weighted by molar-refractivity contribution is -0.364. The highest BCUT2D eigenvalue weighted by atomic mass is 35.5. The number of nitrogens with one attached hydrogen (secondary N) is 3. The van der Waals surface area contributed by atoms with E-state index in [0.717, 1.165) is 12.3 Å². The van der Waals surface area contributed by atoms with Crippen LogP contribution in [-0.2, 0) is 16.2 Å². The van der Waals surface area contributed by atoms with Gasteiger partial charge in [-0.15, -0.1) is 0 Å². The predicted octanol–water partition coefficient (Wildman–Crippen LogP) is 2.43. The number of alkyl halides is 3. The summed E-state index contributed by atoms with van der Waals surface area (Å²) in [6, 6.07) is 8.26. The van der Waals surface area contributed by atoms with E-state index < -0.39 is 21.8 Å². The van der Waals surface area contributed by atoms with Crippen LogP contribution in [0.5, 0.6) is 0 Å². The van der Waals surface area contributed by atoms with Gasteiger partial charge in [-0.3, -0.25) is 5.32 Å². The molecular weight excluding hydrogens is 393 g/mol. The van der Waals surface area contributed by atoms with E-state index >= 15 is 0 Å². The number of halogens is 4. The molecule has 0 fully saturated rings. The quantitative estimate of drug-likeness (QED) is 0.721. The van der Waals surface area contributed by atoms with Gasteiger partial charge in [-0.2, -0.15) is 18.4 Å². The summed E-state index contributed by atoms with van der Waals surface area (Å²) in [5.41, 5.74) is -0.922. The van der Waals surface area contributed by atoms with Crippen molar-refractivity contribution in [3.63, 3.8) is 0 Å². The summed E-state index contributed by atoms with van der Waals surface area (Å²) in [7, 11) is -3.90. The van der Waals surface area contributed by atoms with Gasteiger partial charge in [0.2, 0.25) is 10.0 Å².